The summed E-state index contributed by atoms with van der Waals surface area (Å²) in [5.74, 6) is 0.545. The number of likely N-dealkylation sites (tertiary alicyclic amines) is 1. The Hall–Kier alpha value is -3.46. The van der Waals surface area contributed by atoms with Crippen LogP contribution in [0.3, 0.4) is 0 Å². The molecule has 0 aliphatic carbocycles. The van der Waals surface area contributed by atoms with Gasteiger partial charge in [0.15, 0.2) is 0 Å². The summed E-state index contributed by atoms with van der Waals surface area (Å²) < 4.78 is 1.74. The molecule has 1 aliphatic rings. The third-order valence-corrected chi connectivity index (χ3v) is 6.55. The molecule has 0 aromatic carbocycles. The predicted molar refractivity (Wildman–Crippen MR) is 129 cm³/mol. The average molecular weight is 447 g/mol. The minimum atomic E-state index is -0.0697. The number of carbonyl (C=O) groups excluding carboxylic acids is 1. The predicted octanol–water partition coefficient (Wildman–Crippen LogP) is 3.31. The molecule has 172 valence electrons. The van der Waals surface area contributed by atoms with Crippen molar-refractivity contribution >= 4 is 28.4 Å². The van der Waals surface area contributed by atoms with Gasteiger partial charge in [-0.05, 0) is 64.0 Å². The second-order valence-corrected chi connectivity index (χ2v) is 8.97. The molecule has 4 aromatic rings. The van der Waals surface area contributed by atoms with Gasteiger partial charge in [-0.25, -0.2) is 9.50 Å². The first-order valence-electron chi connectivity index (χ1n) is 11.6. The summed E-state index contributed by atoms with van der Waals surface area (Å²) in [5.41, 5.74) is 4.12. The molecule has 1 saturated heterocycles. The molecule has 4 aromatic heterocycles. The van der Waals surface area contributed by atoms with Gasteiger partial charge in [0, 0.05) is 41.6 Å². The molecule has 1 aliphatic heterocycles. The number of fused-ring (bicyclic) bond motifs is 2. The highest BCUT2D eigenvalue weighted by molar-refractivity contribution is 6.02. The highest BCUT2D eigenvalue weighted by Crippen LogP contribution is 2.29. The van der Waals surface area contributed by atoms with Gasteiger partial charge >= 0.3 is 0 Å². The van der Waals surface area contributed by atoms with Gasteiger partial charge in [0.25, 0.3) is 5.91 Å². The van der Waals surface area contributed by atoms with Gasteiger partial charge in [0.2, 0.25) is 5.95 Å². The van der Waals surface area contributed by atoms with E-state index in [9.17, 15) is 4.79 Å². The number of anilines is 1. The van der Waals surface area contributed by atoms with Gasteiger partial charge in [0.05, 0.1) is 17.3 Å². The summed E-state index contributed by atoms with van der Waals surface area (Å²) in [6.45, 7) is 6.23. The normalized spacial score (nSPS) is 16.3. The van der Waals surface area contributed by atoms with Crippen LogP contribution < -0.4 is 10.6 Å². The number of nitrogens with zero attached hydrogens (tertiary/aromatic N) is 5. The van der Waals surface area contributed by atoms with E-state index in [2.05, 4.69) is 56.5 Å². The van der Waals surface area contributed by atoms with E-state index in [0.717, 1.165) is 60.0 Å². The molecule has 1 fully saturated rings. The maximum absolute atomic E-state index is 13.0. The third kappa shape index (κ3) is 4.28. The molecule has 9 heteroatoms. The molecule has 0 spiro atoms. The van der Waals surface area contributed by atoms with Gasteiger partial charge in [-0.2, -0.15) is 10.1 Å². The Bertz CT molecular complexity index is 1280. The molecule has 0 bridgehead atoms. The highest BCUT2D eigenvalue weighted by Gasteiger charge is 2.21. The molecule has 0 radical (unpaired) electrons. The van der Waals surface area contributed by atoms with Crippen molar-refractivity contribution in [2.24, 2.45) is 0 Å². The lowest BCUT2D eigenvalue weighted by molar-refractivity contribution is 0.0918. The number of hydrogen-bond acceptors (Lipinski definition) is 6. The van der Waals surface area contributed by atoms with E-state index in [1.807, 2.05) is 30.7 Å². The van der Waals surface area contributed by atoms with Crippen LogP contribution in [0.5, 0.6) is 0 Å². The number of nitrogens with one attached hydrogen (secondary N) is 3. The fraction of sp³-hybridized carbons (Fsp3) is 0.417. The van der Waals surface area contributed by atoms with Crippen molar-refractivity contribution < 1.29 is 4.79 Å². The largest absolute Gasteiger partial charge is 0.352 e. The lowest BCUT2D eigenvalue weighted by Crippen LogP contribution is -2.43. The van der Waals surface area contributed by atoms with Gasteiger partial charge < -0.3 is 20.5 Å². The average Bonchev–Trinajstić information content (AvgIpc) is 3.44. The van der Waals surface area contributed by atoms with Gasteiger partial charge in [0.1, 0.15) is 5.65 Å². The zero-order chi connectivity index (χ0) is 22.9. The molecule has 9 nitrogen and oxygen atoms in total. The van der Waals surface area contributed by atoms with E-state index >= 15 is 0 Å². The molecule has 0 unspecified atom stereocenters. The summed E-state index contributed by atoms with van der Waals surface area (Å²) in [6, 6.07) is 4.51. The Balaban J connectivity index is 1.42. The maximum Gasteiger partial charge on any atom is 0.255 e. The topological polar surface area (TPSA) is 103 Å². The zero-order valence-corrected chi connectivity index (χ0v) is 19.3. The van der Waals surface area contributed by atoms with Crippen molar-refractivity contribution in [1.29, 1.82) is 0 Å². The first kappa shape index (κ1) is 21.4. The van der Waals surface area contributed by atoms with Crippen LogP contribution in [0.1, 0.15) is 43.5 Å². The molecule has 33 heavy (non-hydrogen) atoms. The monoisotopic (exact) mass is 446 g/mol. The number of pyridine rings is 1. The second kappa shape index (κ2) is 8.82. The maximum atomic E-state index is 13.0. The first-order valence-corrected chi connectivity index (χ1v) is 11.6. The van der Waals surface area contributed by atoms with Crippen LogP contribution in [0, 0.1) is 0 Å². The van der Waals surface area contributed by atoms with Crippen LogP contribution in [-0.4, -0.2) is 67.6 Å². The smallest absolute Gasteiger partial charge is 0.255 e. The summed E-state index contributed by atoms with van der Waals surface area (Å²) in [6.07, 6.45) is 10.2. The van der Waals surface area contributed by atoms with Crippen molar-refractivity contribution in [2.75, 3.05) is 25.5 Å². The SMILES string of the molecule is CC[C@H](C)Nc1ncc2c(-c3ccn4ncc(C(=O)NC5CCN(C)CC5)c4c3)c[nH]c2n1. The van der Waals surface area contributed by atoms with E-state index in [1.165, 1.54) is 0 Å². The van der Waals surface area contributed by atoms with E-state index in [0.29, 0.717) is 17.6 Å². The van der Waals surface area contributed by atoms with Gasteiger partial charge in [-0.15, -0.1) is 0 Å². The minimum absolute atomic E-state index is 0.0697. The van der Waals surface area contributed by atoms with Crippen LogP contribution in [0.2, 0.25) is 0 Å². The van der Waals surface area contributed by atoms with Crippen LogP contribution in [0.4, 0.5) is 5.95 Å². The molecular formula is C24H30N8O. The fourth-order valence-corrected chi connectivity index (χ4v) is 4.28. The lowest BCUT2D eigenvalue weighted by Gasteiger charge is -2.29. The van der Waals surface area contributed by atoms with Crippen molar-refractivity contribution in [3.8, 4) is 11.1 Å². The molecule has 1 amide bonds. The van der Waals surface area contributed by atoms with Crippen molar-refractivity contribution in [3.63, 3.8) is 0 Å². The van der Waals surface area contributed by atoms with Gasteiger partial charge in [-0.3, -0.25) is 4.79 Å². The van der Waals surface area contributed by atoms with Crippen LogP contribution in [-0.2, 0) is 0 Å². The van der Waals surface area contributed by atoms with Gasteiger partial charge in [-0.1, -0.05) is 6.92 Å². The molecule has 0 saturated carbocycles. The summed E-state index contributed by atoms with van der Waals surface area (Å²) in [5, 5.41) is 11.8. The number of carbonyl (C=O) groups is 1. The Labute approximate surface area is 192 Å². The molecule has 3 N–H and O–H groups in total. The Morgan fingerprint density at radius 1 is 1.30 bits per heavy atom. The fourth-order valence-electron chi connectivity index (χ4n) is 4.28. The number of H-pyrrole nitrogens is 1. The van der Waals surface area contributed by atoms with Crippen molar-refractivity contribution in [1.82, 2.24) is 34.8 Å². The van der Waals surface area contributed by atoms with E-state index in [-0.39, 0.29) is 11.9 Å². The number of rotatable bonds is 6. The van der Waals surface area contributed by atoms with E-state index in [1.54, 1.807) is 10.7 Å². The van der Waals surface area contributed by atoms with Crippen LogP contribution in [0.15, 0.2) is 36.9 Å². The summed E-state index contributed by atoms with van der Waals surface area (Å²) in [7, 11) is 2.11. The molecule has 5 rings (SSSR count). The Kier molecular flexibility index (Phi) is 5.72. The standard InChI is InChI=1S/C24H30N8O/c1-4-15(2)28-24-26-13-19-18(12-25-22(19)30-24)16-5-10-32-21(11-16)20(14-27-32)23(33)29-17-6-8-31(3)9-7-17/h5,10-15,17H,4,6-9H2,1-3H3,(H,29,33)(H2,25,26,28,30)/t15-/m0/s1. The molecule has 1 atom stereocenters. The quantitative estimate of drug-likeness (QED) is 0.420. The minimum Gasteiger partial charge on any atom is -0.352 e. The molecule has 5 heterocycles. The van der Waals surface area contributed by atoms with E-state index in [4.69, 9.17) is 0 Å². The van der Waals surface area contributed by atoms with Crippen LogP contribution >= 0.6 is 0 Å². The number of aromatic amines is 1. The number of amides is 1. The Morgan fingerprint density at radius 2 is 2.12 bits per heavy atom. The molecular weight excluding hydrogens is 416 g/mol. The lowest BCUT2D eigenvalue weighted by atomic mass is 10.0. The number of piperidine rings is 1. The van der Waals surface area contributed by atoms with Crippen molar-refractivity contribution in [3.05, 3.63) is 42.5 Å². The second-order valence-electron chi connectivity index (χ2n) is 8.97. The highest BCUT2D eigenvalue weighted by atomic mass is 16.1. The summed E-state index contributed by atoms with van der Waals surface area (Å²) >= 11 is 0. The number of hydrogen-bond donors (Lipinski definition) is 3. The van der Waals surface area contributed by atoms with E-state index < -0.39 is 0 Å². The number of aromatic nitrogens is 5. The third-order valence-electron chi connectivity index (χ3n) is 6.55. The summed E-state index contributed by atoms with van der Waals surface area (Å²) in [4.78, 5) is 27.7. The first-order chi connectivity index (χ1) is 16.0. The van der Waals surface area contributed by atoms with Crippen LogP contribution in [0.25, 0.3) is 27.7 Å². The van der Waals surface area contributed by atoms with Crippen molar-refractivity contribution in [2.45, 2.75) is 45.2 Å². The Morgan fingerprint density at radius 3 is 2.91 bits per heavy atom. The zero-order valence-electron chi connectivity index (χ0n) is 19.3.